The maximum absolute atomic E-state index is 13.9. The quantitative estimate of drug-likeness (QED) is 0.387. The fraction of sp³-hybridized carbons (Fsp3) is 0.444. The number of nitrogens with zero attached hydrogens (tertiary/aromatic N) is 3. The smallest absolute Gasteiger partial charge is 0.227 e. The van der Waals surface area contributed by atoms with E-state index >= 15 is 0 Å². The van der Waals surface area contributed by atoms with Crippen molar-refractivity contribution < 1.29 is 19.0 Å². The molecule has 184 valence electrons. The molecule has 0 radical (unpaired) electrons. The predicted molar refractivity (Wildman–Crippen MR) is 132 cm³/mol. The molecule has 0 saturated carbocycles. The van der Waals surface area contributed by atoms with E-state index in [4.69, 9.17) is 14.6 Å². The van der Waals surface area contributed by atoms with Gasteiger partial charge in [0.2, 0.25) is 5.88 Å². The molecular formula is C27H36FN3O3. The number of hydrogen-bond donors (Lipinski definition) is 1. The van der Waals surface area contributed by atoms with Crippen LogP contribution in [0.15, 0.2) is 54.6 Å². The summed E-state index contributed by atoms with van der Waals surface area (Å²) in [6, 6.07) is 16.0. The van der Waals surface area contributed by atoms with E-state index in [9.17, 15) is 9.50 Å². The standard InChI is InChI=1S/C27H36FN3O3/c1-19(2)17-33-18-24(32)15-30(20(3)4)16-26-21(5)29-31(23-11-7-6-8-12-23)27(26)34-25-13-9-10-22(28)14-25/h6-14,19-20,24,32H,15-18H2,1-5H3. The molecule has 6 nitrogen and oxygen atoms in total. The van der Waals surface area contributed by atoms with E-state index in [0.29, 0.717) is 37.2 Å². The second-order valence-electron chi connectivity index (χ2n) is 9.28. The molecule has 7 heteroatoms. The Hall–Kier alpha value is -2.74. The van der Waals surface area contributed by atoms with Crippen molar-refractivity contribution in [1.29, 1.82) is 0 Å². The van der Waals surface area contributed by atoms with Gasteiger partial charge in [0.1, 0.15) is 11.6 Å². The Morgan fingerprint density at radius 1 is 1.03 bits per heavy atom. The highest BCUT2D eigenvalue weighted by molar-refractivity contribution is 5.43. The van der Waals surface area contributed by atoms with Crippen LogP contribution in [-0.4, -0.2) is 51.7 Å². The fourth-order valence-electron chi connectivity index (χ4n) is 3.64. The monoisotopic (exact) mass is 469 g/mol. The summed E-state index contributed by atoms with van der Waals surface area (Å²) in [5.41, 5.74) is 2.55. The van der Waals surface area contributed by atoms with Crippen molar-refractivity contribution in [2.24, 2.45) is 5.92 Å². The van der Waals surface area contributed by atoms with Gasteiger partial charge in [-0.3, -0.25) is 4.90 Å². The Labute approximate surface area is 201 Å². The van der Waals surface area contributed by atoms with Crippen molar-refractivity contribution in [3.05, 3.63) is 71.7 Å². The third-order valence-corrected chi connectivity index (χ3v) is 5.45. The highest BCUT2D eigenvalue weighted by Gasteiger charge is 2.24. The zero-order valence-electron chi connectivity index (χ0n) is 20.7. The number of ether oxygens (including phenoxy) is 2. The van der Waals surface area contributed by atoms with Crippen LogP contribution >= 0.6 is 0 Å². The Kier molecular flexibility index (Phi) is 9.21. The van der Waals surface area contributed by atoms with E-state index in [-0.39, 0.29) is 18.5 Å². The predicted octanol–water partition coefficient (Wildman–Crippen LogP) is 5.36. The normalized spacial score (nSPS) is 12.6. The molecule has 0 spiro atoms. The van der Waals surface area contributed by atoms with Gasteiger partial charge in [-0.25, -0.2) is 9.07 Å². The number of hydrogen-bond acceptors (Lipinski definition) is 5. The molecule has 0 fully saturated rings. The van der Waals surface area contributed by atoms with E-state index in [1.54, 1.807) is 16.8 Å². The summed E-state index contributed by atoms with van der Waals surface area (Å²) >= 11 is 0. The first-order valence-corrected chi connectivity index (χ1v) is 11.8. The third-order valence-electron chi connectivity index (χ3n) is 5.45. The van der Waals surface area contributed by atoms with E-state index in [2.05, 4.69) is 32.6 Å². The van der Waals surface area contributed by atoms with Gasteiger partial charge in [-0.15, -0.1) is 0 Å². The number of para-hydroxylation sites is 1. The molecule has 0 aliphatic carbocycles. The number of aromatic nitrogens is 2. The molecule has 0 saturated heterocycles. The Morgan fingerprint density at radius 3 is 2.41 bits per heavy atom. The maximum atomic E-state index is 13.9. The van der Waals surface area contributed by atoms with E-state index in [1.807, 2.05) is 37.3 Å². The topological polar surface area (TPSA) is 59.8 Å². The third kappa shape index (κ3) is 7.13. The Morgan fingerprint density at radius 2 is 1.76 bits per heavy atom. The van der Waals surface area contributed by atoms with E-state index in [0.717, 1.165) is 16.9 Å². The van der Waals surface area contributed by atoms with Gasteiger partial charge in [0, 0.05) is 31.8 Å². The number of aliphatic hydroxyl groups is 1. The lowest BCUT2D eigenvalue weighted by Gasteiger charge is -2.29. The van der Waals surface area contributed by atoms with Crippen LogP contribution in [-0.2, 0) is 11.3 Å². The molecule has 0 amide bonds. The van der Waals surface area contributed by atoms with Crippen molar-refractivity contribution in [3.63, 3.8) is 0 Å². The number of rotatable bonds is 12. The Balaban J connectivity index is 1.90. The number of benzene rings is 2. The largest absolute Gasteiger partial charge is 0.438 e. The van der Waals surface area contributed by atoms with Crippen LogP contribution in [0, 0.1) is 18.7 Å². The minimum atomic E-state index is -0.613. The zero-order valence-corrected chi connectivity index (χ0v) is 20.7. The van der Waals surface area contributed by atoms with Crippen LogP contribution in [0.5, 0.6) is 11.6 Å². The van der Waals surface area contributed by atoms with Crippen LogP contribution in [0.4, 0.5) is 4.39 Å². The summed E-state index contributed by atoms with van der Waals surface area (Å²) in [5.74, 6) is 0.985. The molecular weight excluding hydrogens is 433 g/mol. The van der Waals surface area contributed by atoms with Gasteiger partial charge in [-0.05, 0) is 51.0 Å². The first-order valence-electron chi connectivity index (χ1n) is 11.8. The second-order valence-corrected chi connectivity index (χ2v) is 9.28. The van der Waals surface area contributed by atoms with Crippen LogP contribution in [0.3, 0.4) is 0 Å². The van der Waals surface area contributed by atoms with Gasteiger partial charge >= 0.3 is 0 Å². The molecule has 1 heterocycles. The molecule has 3 rings (SSSR count). The van der Waals surface area contributed by atoms with E-state index < -0.39 is 6.10 Å². The molecule has 0 aliphatic rings. The highest BCUT2D eigenvalue weighted by atomic mass is 19.1. The van der Waals surface area contributed by atoms with Gasteiger partial charge in [0.25, 0.3) is 0 Å². The van der Waals surface area contributed by atoms with Gasteiger partial charge in [-0.2, -0.15) is 5.10 Å². The van der Waals surface area contributed by atoms with Gasteiger partial charge < -0.3 is 14.6 Å². The minimum absolute atomic E-state index is 0.168. The second kappa shape index (κ2) is 12.1. The van der Waals surface area contributed by atoms with E-state index in [1.165, 1.54) is 12.1 Å². The molecule has 2 aromatic carbocycles. The molecule has 1 N–H and O–H groups in total. The SMILES string of the molecule is Cc1nn(-c2ccccc2)c(Oc2cccc(F)c2)c1CN(CC(O)COCC(C)C)C(C)C. The van der Waals surface area contributed by atoms with Crippen molar-refractivity contribution in [3.8, 4) is 17.3 Å². The molecule has 1 atom stereocenters. The maximum Gasteiger partial charge on any atom is 0.227 e. The molecule has 1 unspecified atom stereocenters. The molecule has 34 heavy (non-hydrogen) atoms. The van der Waals surface area contributed by atoms with Crippen molar-refractivity contribution in [1.82, 2.24) is 14.7 Å². The van der Waals surface area contributed by atoms with Crippen molar-refractivity contribution in [2.45, 2.75) is 53.3 Å². The summed E-state index contributed by atoms with van der Waals surface area (Å²) in [7, 11) is 0. The summed E-state index contributed by atoms with van der Waals surface area (Å²) in [5, 5.41) is 15.3. The van der Waals surface area contributed by atoms with Crippen LogP contribution < -0.4 is 4.74 Å². The number of halogens is 1. The minimum Gasteiger partial charge on any atom is -0.438 e. The van der Waals surface area contributed by atoms with Crippen LogP contribution in [0.2, 0.25) is 0 Å². The molecule has 0 aliphatic heterocycles. The lowest BCUT2D eigenvalue weighted by molar-refractivity contribution is 0.00161. The van der Waals surface area contributed by atoms with Gasteiger partial charge in [0.15, 0.2) is 0 Å². The number of aryl methyl sites for hydroxylation is 1. The first kappa shape index (κ1) is 25.9. The zero-order chi connectivity index (χ0) is 24.7. The number of aliphatic hydroxyl groups excluding tert-OH is 1. The first-order chi connectivity index (χ1) is 16.2. The molecule has 3 aromatic rings. The van der Waals surface area contributed by atoms with Gasteiger partial charge in [-0.1, -0.05) is 38.1 Å². The van der Waals surface area contributed by atoms with Gasteiger partial charge in [0.05, 0.1) is 29.7 Å². The van der Waals surface area contributed by atoms with Crippen molar-refractivity contribution in [2.75, 3.05) is 19.8 Å². The lowest BCUT2D eigenvalue weighted by Crippen LogP contribution is -2.39. The molecule has 1 aromatic heterocycles. The lowest BCUT2D eigenvalue weighted by atomic mass is 10.2. The summed E-state index contributed by atoms with van der Waals surface area (Å²) in [4.78, 5) is 2.17. The van der Waals surface area contributed by atoms with Crippen LogP contribution in [0.1, 0.15) is 39.0 Å². The summed E-state index contributed by atoms with van der Waals surface area (Å²) in [6.07, 6.45) is -0.613. The summed E-state index contributed by atoms with van der Waals surface area (Å²) in [6.45, 7) is 12.2. The molecule has 0 bridgehead atoms. The van der Waals surface area contributed by atoms with Crippen molar-refractivity contribution >= 4 is 0 Å². The average molecular weight is 470 g/mol. The highest BCUT2D eigenvalue weighted by Crippen LogP contribution is 2.32. The van der Waals surface area contributed by atoms with Crippen LogP contribution in [0.25, 0.3) is 5.69 Å². The fourth-order valence-corrected chi connectivity index (χ4v) is 3.64. The average Bonchev–Trinajstić information content (AvgIpc) is 3.08. The Bertz CT molecular complexity index is 1040. The summed E-state index contributed by atoms with van der Waals surface area (Å²) < 4.78 is 27.5.